The molecule has 0 saturated carbocycles. The minimum atomic E-state index is -5.20. The number of carbonyl (C=O) groups is 3. The summed E-state index contributed by atoms with van der Waals surface area (Å²) in [5.74, 6) is -4.30. The molecule has 12 heteroatoms. The molecule has 0 spiro atoms. The van der Waals surface area contributed by atoms with Crippen LogP contribution in [-0.2, 0) is 9.59 Å². The van der Waals surface area contributed by atoms with E-state index in [4.69, 9.17) is 0 Å². The van der Waals surface area contributed by atoms with Crippen molar-refractivity contribution >= 4 is 17.8 Å². The molecule has 1 aliphatic rings. The maximum atomic E-state index is 13.5. The predicted octanol–water partition coefficient (Wildman–Crippen LogP) is 2.02. The minimum absolute atomic E-state index is 0.286. The van der Waals surface area contributed by atoms with Gasteiger partial charge in [0, 0.05) is 0 Å². The largest absolute Gasteiger partial charge is 0.409 e. The van der Waals surface area contributed by atoms with Crippen LogP contribution in [0.1, 0.15) is 13.8 Å². The van der Waals surface area contributed by atoms with E-state index >= 15 is 0 Å². The third-order valence-electron chi connectivity index (χ3n) is 3.04. The number of halogens is 7. The molecule has 1 heterocycles. The van der Waals surface area contributed by atoms with Gasteiger partial charge >= 0.3 is 18.4 Å². The topological polar surface area (TPSA) is 57.7 Å². The normalized spacial score (nSPS) is 23.9. The summed E-state index contributed by atoms with van der Waals surface area (Å²) in [5, 5.41) is 0. The molecule has 0 radical (unpaired) electrons. The Labute approximate surface area is 118 Å². The van der Waals surface area contributed by atoms with E-state index in [0.29, 0.717) is 0 Å². The van der Waals surface area contributed by atoms with E-state index in [2.05, 4.69) is 0 Å². The lowest BCUT2D eigenvalue weighted by Gasteiger charge is -2.40. The van der Waals surface area contributed by atoms with E-state index in [1.54, 1.807) is 0 Å². The van der Waals surface area contributed by atoms with E-state index < -0.39 is 58.3 Å². The number of barbiturate groups is 1. The highest BCUT2D eigenvalue weighted by Gasteiger charge is 2.58. The van der Waals surface area contributed by atoms with Gasteiger partial charge in [0.25, 0.3) is 18.0 Å². The van der Waals surface area contributed by atoms with Crippen molar-refractivity contribution in [1.82, 2.24) is 9.80 Å². The van der Waals surface area contributed by atoms with Crippen molar-refractivity contribution in [2.75, 3.05) is 0 Å². The summed E-state index contributed by atoms with van der Waals surface area (Å²) >= 11 is 0. The third-order valence-corrected chi connectivity index (χ3v) is 3.04. The summed E-state index contributed by atoms with van der Waals surface area (Å²) in [6, 6.07) is -7.94. The molecule has 1 saturated heterocycles. The van der Waals surface area contributed by atoms with Crippen molar-refractivity contribution < 1.29 is 45.1 Å². The van der Waals surface area contributed by atoms with Gasteiger partial charge in [0.1, 0.15) is 12.1 Å². The Bertz CT molecular complexity index is 460. The molecule has 126 valence electrons. The van der Waals surface area contributed by atoms with Crippen LogP contribution in [0.25, 0.3) is 0 Å². The second kappa shape index (κ2) is 5.39. The van der Waals surface area contributed by atoms with Crippen molar-refractivity contribution in [3.05, 3.63) is 0 Å². The van der Waals surface area contributed by atoms with Gasteiger partial charge in [-0.15, -0.1) is 0 Å². The fourth-order valence-electron chi connectivity index (χ4n) is 1.66. The smallest absolute Gasteiger partial charge is 0.270 e. The van der Waals surface area contributed by atoms with E-state index in [9.17, 15) is 45.1 Å². The van der Waals surface area contributed by atoms with E-state index in [0.717, 1.165) is 0 Å². The summed E-state index contributed by atoms with van der Waals surface area (Å²) in [7, 11) is 0. The van der Waals surface area contributed by atoms with Gasteiger partial charge in [-0.05, 0) is 13.8 Å². The summed E-state index contributed by atoms with van der Waals surface area (Å²) < 4.78 is 88.9. The van der Waals surface area contributed by atoms with Gasteiger partial charge in [0.05, 0.1) is 0 Å². The van der Waals surface area contributed by atoms with Crippen LogP contribution < -0.4 is 0 Å². The van der Waals surface area contributed by atoms with Crippen LogP contribution in [0.4, 0.5) is 35.5 Å². The van der Waals surface area contributed by atoms with E-state index in [1.165, 1.54) is 0 Å². The number of carbonyl (C=O) groups excluding carboxylic acids is 3. The molecule has 5 nitrogen and oxygen atoms in total. The number of alkyl halides is 7. The molecule has 22 heavy (non-hydrogen) atoms. The molecular weight excluding hydrogens is 329 g/mol. The van der Waals surface area contributed by atoms with Crippen LogP contribution in [0.5, 0.6) is 0 Å². The first-order valence-electron chi connectivity index (χ1n) is 5.68. The van der Waals surface area contributed by atoms with Crippen molar-refractivity contribution in [2.45, 2.75) is 44.5 Å². The maximum Gasteiger partial charge on any atom is 0.409 e. The zero-order chi connectivity index (χ0) is 17.6. The molecule has 0 aliphatic carbocycles. The lowest BCUT2D eigenvalue weighted by molar-refractivity contribution is -0.199. The fourth-order valence-corrected chi connectivity index (χ4v) is 1.66. The van der Waals surface area contributed by atoms with Crippen LogP contribution in [0.15, 0.2) is 0 Å². The van der Waals surface area contributed by atoms with Gasteiger partial charge < -0.3 is 0 Å². The van der Waals surface area contributed by atoms with Crippen LogP contribution in [-0.4, -0.2) is 58.3 Å². The second-order valence-corrected chi connectivity index (χ2v) is 4.50. The average molecular weight is 338 g/mol. The molecule has 1 rings (SSSR count). The molecule has 0 aromatic rings. The molecular formula is C10H9F7N2O3. The molecule has 0 aromatic carbocycles. The highest BCUT2D eigenvalue weighted by Crippen LogP contribution is 2.32. The number of hydrogen-bond acceptors (Lipinski definition) is 3. The predicted molar refractivity (Wildman–Crippen MR) is 55.0 cm³/mol. The molecule has 0 N–H and O–H groups in total. The maximum absolute atomic E-state index is 13.5. The number of rotatable bonds is 2. The molecule has 1 aliphatic heterocycles. The first-order valence-corrected chi connectivity index (χ1v) is 5.68. The Kier molecular flexibility index (Phi) is 4.45. The highest BCUT2D eigenvalue weighted by molar-refractivity contribution is 6.18. The first kappa shape index (κ1) is 18.2. The second-order valence-electron chi connectivity index (χ2n) is 4.50. The Morgan fingerprint density at radius 3 is 1.32 bits per heavy atom. The molecule has 2 atom stereocenters. The van der Waals surface area contributed by atoms with Crippen LogP contribution in [0, 0.1) is 0 Å². The summed E-state index contributed by atoms with van der Waals surface area (Å²) in [6.45, 7) is 0.573. The highest BCUT2D eigenvalue weighted by atomic mass is 19.4. The summed E-state index contributed by atoms with van der Waals surface area (Å²) in [4.78, 5) is 33.0. The Hall–Kier alpha value is -1.88. The standard InChI is InChI=1S/C10H9F7N2O3/c1-3(9(12,13)14)18-6(20)5(11)7(21)19(8(18)22)4(2)10(15,16)17/h3-5H,1-2H3. The van der Waals surface area contributed by atoms with Gasteiger partial charge in [-0.2, -0.15) is 26.3 Å². The number of imide groups is 2. The minimum Gasteiger partial charge on any atom is -0.270 e. The molecule has 2 unspecified atom stereocenters. The number of amides is 4. The van der Waals surface area contributed by atoms with Gasteiger partial charge in [0.15, 0.2) is 0 Å². The lowest BCUT2D eigenvalue weighted by atomic mass is 10.1. The van der Waals surface area contributed by atoms with Crippen molar-refractivity contribution in [2.24, 2.45) is 0 Å². The Morgan fingerprint density at radius 2 is 1.09 bits per heavy atom. The molecule has 0 aromatic heterocycles. The van der Waals surface area contributed by atoms with Crippen molar-refractivity contribution in [3.8, 4) is 0 Å². The van der Waals surface area contributed by atoms with Crippen molar-refractivity contribution in [1.29, 1.82) is 0 Å². The number of urea groups is 1. The number of hydrogen-bond donors (Lipinski definition) is 0. The zero-order valence-corrected chi connectivity index (χ0v) is 11.0. The van der Waals surface area contributed by atoms with Crippen LogP contribution in [0.2, 0.25) is 0 Å². The Balaban J connectivity index is 3.30. The quantitative estimate of drug-likeness (QED) is 0.572. The summed E-state index contributed by atoms with van der Waals surface area (Å²) in [6.07, 6.45) is -13.7. The van der Waals surface area contributed by atoms with Gasteiger partial charge in [-0.3, -0.25) is 9.59 Å². The van der Waals surface area contributed by atoms with Crippen LogP contribution in [0.3, 0.4) is 0 Å². The number of nitrogens with zero attached hydrogens (tertiary/aromatic N) is 2. The molecule has 1 fully saturated rings. The summed E-state index contributed by atoms with van der Waals surface area (Å²) in [5.41, 5.74) is 0. The third kappa shape index (κ3) is 2.99. The SMILES string of the molecule is CC(N1C(=O)C(F)C(=O)N(C(C)C(F)(F)F)C1=O)C(F)(F)F. The van der Waals surface area contributed by atoms with Gasteiger partial charge in [-0.1, -0.05) is 0 Å². The molecule has 4 amide bonds. The average Bonchev–Trinajstić information content (AvgIpc) is 2.34. The van der Waals surface area contributed by atoms with E-state index in [-0.39, 0.29) is 13.8 Å². The van der Waals surface area contributed by atoms with Gasteiger partial charge in [0.2, 0.25) is 0 Å². The fraction of sp³-hybridized carbons (Fsp3) is 0.700. The zero-order valence-electron chi connectivity index (χ0n) is 11.0. The first-order chi connectivity index (χ1) is 9.71. The van der Waals surface area contributed by atoms with Crippen molar-refractivity contribution in [3.63, 3.8) is 0 Å². The lowest BCUT2D eigenvalue weighted by Crippen LogP contribution is -2.68. The molecule has 0 bridgehead atoms. The van der Waals surface area contributed by atoms with Crippen LogP contribution >= 0.6 is 0 Å². The van der Waals surface area contributed by atoms with Gasteiger partial charge in [-0.25, -0.2) is 19.0 Å². The van der Waals surface area contributed by atoms with E-state index in [1.807, 2.05) is 0 Å². The Morgan fingerprint density at radius 1 is 0.818 bits per heavy atom. The monoisotopic (exact) mass is 338 g/mol.